The molecule has 2 atom stereocenters. The second kappa shape index (κ2) is 5.46. The van der Waals surface area contributed by atoms with Gasteiger partial charge in [0.05, 0.1) is 12.3 Å². The average Bonchev–Trinajstić information content (AvgIpc) is 2.83. The molecule has 2 unspecified atom stereocenters. The van der Waals surface area contributed by atoms with E-state index in [1.165, 1.54) is 18.4 Å². The van der Waals surface area contributed by atoms with Crippen LogP contribution in [0.1, 0.15) is 24.8 Å². The third-order valence-corrected chi connectivity index (χ3v) is 3.37. The largest absolute Gasteiger partial charge is 0.393 e. The number of hydrogen-bond acceptors (Lipinski definition) is 3. The molecule has 1 aromatic heterocycles. The van der Waals surface area contributed by atoms with Gasteiger partial charge < -0.3 is 10.4 Å². The first-order valence-corrected chi connectivity index (χ1v) is 6.12. The van der Waals surface area contributed by atoms with E-state index in [0.717, 1.165) is 25.9 Å². The molecule has 1 aliphatic rings. The van der Waals surface area contributed by atoms with Gasteiger partial charge in [0.25, 0.3) is 0 Å². The van der Waals surface area contributed by atoms with Crippen LogP contribution in [0.3, 0.4) is 0 Å². The summed E-state index contributed by atoms with van der Waals surface area (Å²) in [6.45, 7) is 1.91. The van der Waals surface area contributed by atoms with Gasteiger partial charge in [-0.15, -0.1) is 0 Å². The van der Waals surface area contributed by atoms with Crippen LogP contribution in [-0.4, -0.2) is 34.1 Å². The number of aromatic nitrogens is 2. The monoisotopic (exact) mass is 223 g/mol. The Kier molecular flexibility index (Phi) is 3.96. The molecule has 4 heteroatoms. The number of aliphatic hydroxyl groups excluding tert-OH is 1. The summed E-state index contributed by atoms with van der Waals surface area (Å²) >= 11 is 0. The van der Waals surface area contributed by atoms with E-state index in [0.29, 0.717) is 5.92 Å². The molecule has 0 amide bonds. The van der Waals surface area contributed by atoms with Crippen molar-refractivity contribution < 1.29 is 5.11 Å². The maximum Gasteiger partial charge on any atom is 0.0580 e. The highest BCUT2D eigenvalue weighted by molar-refractivity contribution is 5.03. The molecule has 0 aromatic carbocycles. The van der Waals surface area contributed by atoms with Crippen LogP contribution >= 0.6 is 0 Å². The Labute approximate surface area is 96.7 Å². The molecule has 0 radical (unpaired) electrons. The number of rotatable bonds is 5. The summed E-state index contributed by atoms with van der Waals surface area (Å²) in [5.41, 5.74) is 1.27. The normalized spacial score (nSPS) is 25.1. The van der Waals surface area contributed by atoms with Gasteiger partial charge in [0, 0.05) is 19.8 Å². The Morgan fingerprint density at radius 1 is 1.56 bits per heavy atom. The van der Waals surface area contributed by atoms with E-state index in [9.17, 15) is 5.11 Å². The van der Waals surface area contributed by atoms with Crippen LogP contribution in [0.25, 0.3) is 0 Å². The van der Waals surface area contributed by atoms with Crippen molar-refractivity contribution in [2.75, 3.05) is 13.1 Å². The summed E-state index contributed by atoms with van der Waals surface area (Å²) in [6, 6.07) is 0. The summed E-state index contributed by atoms with van der Waals surface area (Å²) in [7, 11) is 1.94. The van der Waals surface area contributed by atoms with Crippen LogP contribution in [-0.2, 0) is 13.5 Å². The lowest BCUT2D eigenvalue weighted by molar-refractivity contribution is 0.132. The zero-order valence-electron chi connectivity index (χ0n) is 9.89. The molecule has 1 aliphatic carbocycles. The van der Waals surface area contributed by atoms with Gasteiger partial charge in [-0.05, 0) is 37.3 Å². The van der Waals surface area contributed by atoms with Gasteiger partial charge in [0.2, 0.25) is 0 Å². The van der Waals surface area contributed by atoms with Gasteiger partial charge in [-0.3, -0.25) is 4.68 Å². The number of hydrogen-bond donors (Lipinski definition) is 2. The molecule has 1 fully saturated rings. The molecule has 16 heavy (non-hydrogen) atoms. The Morgan fingerprint density at radius 2 is 2.44 bits per heavy atom. The van der Waals surface area contributed by atoms with Crippen molar-refractivity contribution in [3.63, 3.8) is 0 Å². The predicted octanol–water partition coefficient (Wildman–Crippen LogP) is 0.713. The number of aliphatic hydroxyl groups is 1. The van der Waals surface area contributed by atoms with Crippen molar-refractivity contribution >= 4 is 0 Å². The minimum absolute atomic E-state index is 0.0779. The lowest BCUT2D eigenvalue weighted by Gasteiger charge is -2.14. The van der Waals surface area contributed by atoms with E-state index in [1.807, 2.05) is 24.1 Å². The summed E-state index contributed by atoms with van der Waals surface area (Å²) in [6.07, 6.45) is 8.21. The molecule has 90 valence electrons. The molecule has 0 saturated heterocycles. The van der Waals surface area contributed by atoms with Gasteiger partial charge in [0.15, 0.2) is 0 Å². The number of nitrogens with one attached hydrogen (secondary N) is 1. The highest BCUT2D eigenvalue weighted by Crippen LogP contribution is 2.24. The zero-order chi connectivity index (χ0) is 11.4. The van der Waals surface area contributed by atoms with Crippen molar-refractivity contribution in [1.82, 2.24) is 15.1 Å². The lowest BCUT2D eigenvalue weighted by atomic mass is 10.1. The Bertz CT molecular complexity index is 324. The van der Waals surface area contributed by atoms with Crippen molar-refractivity contribution in [1.29, 1.82) is 0 Å². The molecular formula is C12H21N3O. The van der Waals surface area contributed by atoms with Crippen molar-refractivity contribution in [3.8, 4) is 0 Å². The average molecular weight is 223 g/mol. The van der Waals surface area contributed by atoms with Gasteiger partial charge >= 0.3 is 0 Å². The van der Waals surface area contributed by atoms with Crippen molar-refractivity contribution in [2.24, 2.45) is 13.0 Å². The van der Waals surface area contributed by atoms with E-state index in [1.54, 1.807) is 0 Å². The fourth-order valence-electron chi connectivity index (χ4n) is 2.38. The van der Waals surface area contributed by atoms with Crippen LogP contribution in [0.15, 0.2) is 12.4 Å². The van der Waals surface area contributed by atoms with E-state index >= 15 is 0 Å². The summed E-state index contributed by atoms with van der Waals surface area (Å²) in [5.74, 6) is 0.467. The third kappa shape index (κ3) is 3.06. The highest BCUT2D eigenvalue weighted by atomic mass is 16.3. The number of aryl methyl sites for hydroxylation is 1. The van der Waals surface area contributed by atoms with Crippen molar-refractivity contribution in [2.45, 2.75) is 31.8 Å². The Balaban J connectivity index is 1.61. The Hall–Kier alpha value is -0.870. The smallest absolute Gasteiger partial charge is 0.0580 e. The highest BCUT2D eigenvalue weighted by Gasteiger charge is 2.24. The molecule has 1 saturated carbocycles. The first kappa shape index (κ1) is 11.6. The molecule has 1 heterocycles. The SMILES string of the molecule is Cn1cc(CCNCC2CCCC2O)cn1. The predicted molar refractivity (Wildman–Crippen MR) is 63.1 cm³/mol. The standard InChI is InChI=1S/C12H21N3O/c1-15-9-10(7-14-15)5-6-13-8-11-3-2-4-12(11)16/h7,9,11-13,16H,2-6,8H2,1H3. The van der Waals surface area contributed by atoms with Crippen LogP contribution in [0.5, 0.6) is 0 Å². The molecule has 2 N–H and O–H groups in total. The van der Waals surface area contributed by atoms with E-state index in [2.05, 4.69) is 10.4 Å². The fraction of sp³-hybridized carbons (Fsp3) is 0.750. The summed E-state index contributed by atoms with van der Waals surface area (Å²) in [4.78, 5) is 0. The van der Waals surface area contributed by atoms with Gasteiger partial charge in [0.1, 0.15) is 0 Å². The molecule has 0 spiro atoms. The van der Waals surface area contributed by atoms with Crippen LogP contribution in [0.2, 0.25) is 0 Å². The Morgan fingerprint density at radius 3 is 3.06 bits per heavy atom. The van der Waals surface area contributed by atoms with Crippen molar-refractivity contribution in [3.05, 3.63) is 18.0 Å². The van der Waals surface area contributed by atoms with E-state index in [-0.39, 0.29) is 6.10 Å². The summed E-state index contributed by atoms with van der Waals surface area (Å²) in [5, 5.41) is 17.2. The zero-order valence-corrected chi connectivity index (χ0v) is 9.89. The van der Waals surface area contributed by atoms with Gasteiger partial charge in [-0.1, -0.05) is 6.42 Å². The lowest BCUT2D eigenvalue weighted by Crippen LogP contribution is -2.29. The van der Waals surface area contributed by atoms with Crippen LogP contribution < -0.4 is 5.32 Å². The third-order valence-electron chi connectivity index (χ3n) is 3.37. The molecule has 2 rings (SSSR count). The summed E-state index contributed by atoms with van der Waals surface area (Å²) < 4.78 is 1.83. The molecule has 1 aromatic rings. The second-order valence-corrected chi connectivity index (χ2v) is 4.73. The number of nitrogens with zero attached hydrogens (tertiary/aromatic N) is 2. The molecule has 4 nitrogen and oxygen atoms in total. The first-order valence-electron chi connectivity index (χ1n) is 6.12. The van der Waals surface area contributed by atoms with E-state index in [4.69, 9.17) is 0 Å². The fourth-order valence-corrected chi connectivity index (χ4v) is 2.38. The van der Waals surface area contributed by atoms with Gasteiger partial charge in [-0.2, -0.15) is 5.10 Å². The minimum Gasteiger partial charge on any atom is -0.393 e. The van der Waals surface area contributed by atoms with Crippen LogP contribution in [0, 0.1) is 5.92 Å². The van der Waals surface area contributed by atoms with Crippen LogP contribution in [0.4, 0.5) is 0 Å². The topological polar surface area (TPSA) is 50.1 Å². The molecule has 0 aliphatic heterocycles. The molecule has 0 bridgehead atoms. The van der Waals surface area contributed by atoms with Gasteiger partial charge in [-0.25, -0.2) is 0 Å². The first-order chi connectivity index (χ1) is 7.75. The maximum atomic E-state index is 9.66. The van der Waals surface area contributed by atoms with E-state index < -0.39 is 0 Å². The quantitative estimate of drug-likeness (QED) is 0.723. The maximum absolute atomic E-state index is 9.66. The molecular weight excluding hydrogens is 202 g/mol. The minimum atomic E-state index is -0.0779. The second-order valence-electron chi connectivity index (χ2n) is 4.73.